The van der Waals surface area contributed by atoms with E-state index < -0.39 is 0 Å². The lowest BCUT2D eigenvalue weighted by molar-refractivity contribution is -0.141. The highest BCUT2D eigenvalue weighted by molar-refractivity contribution is 7.11. The van der Waals surface area contributed by atoms with Crippen molar-refractivity contribution in [3.8, 4) is 0 Å². The Labute approximate surface area is 125 Å². The van der Waals surface area contributed by atoms with E-state index >= 15 is 0 Å². The standard InChI is InChI=1S/C15H24N2O2S/c1-3-13-4-5-14(20-13)12-17-10-8-16(9-11-17)7-6-15(18)19-2/h4-5H,3,6-12H2,1-2H3. The fourth-order valence-corrected chi connectivity index (χ4v) is 3.44. The van der Waals surface area contributed by atoms with Crippen LogP contribution >= 0.6 is 11.3 Å². The topological polar surface area (TPSA) is 32.8 Å². The molecule has 4 nitrogen and oxygen atoms in total. The van der Waals surface area contributed by atoms with Crippen LogP contribution in [-0.2, 0) is 22.5 Å². The Balaban J connectivity index is 1.70. The van der Waals surface area contributed by atoms with E-state index in [1.807, 2.05) is 11.3 Å². The highest BCUT2D eigenvalue weighted by Crippen LogP contribution is 2.19. The number of piperazine rings is 1. The van der Waals surface area contributed by atoms with Crippen LogP contribution in [0.4, 0.5) is 0 Å². The minimum Gasteiger partial charge on any atom is -0.469 e. The van der Waals surface area contributed by atoms with E-state index in [9.17, 15) is 4.79 Å². The van der Waals surface area contributed by atoms with Gasteiger partial charge in [-0.05, 0) is 18.6 Å². The number of nitrogens with zero attached hydrogens (tertiary/aromatic N) is 2. The molecular formula is C15H24N2O2S. The predicted molar refractivity (Wildman–Crippen MR) is 82.0 cm³/mol. The largest absolute Gasteiger partial charge is 0.469 e. The van der Waals surface area contributed by atoms with Gasteiger partial charge in [0.1, 0.15) is 0 Å². The average molecular weight is 296 g/mol. The van der Waals surface area contributed by atoms with Crippen LogP contribution in [0.5, 0.6) is 0 Å². The molecule has 0 bridgehead atoms. The zero-order valence-corrected chi connectivity index (χ0v) is 13.2. The molecule has 5 heteroatoms. The molecule has 1 fully saturated rings. The van der Waals surface area contributed by atoms with Crippen LogP contribution in [0.3, 0.4) is 0 Å². The summed E-state index contributed by atoms with van der Waals surface area (Å²) >= 11 is 1.93. The summed E-state index contributed by atoms with van der Waals surface area (Å²) in [6, 6.07) is 4.50. The third kappa shape index (κ3) is 4.58. The van der Waals surface area contributed by atoms with Gasteiger partial charge in [0.05, 0.1) is 13.5 Å². The van der Waals surface area contributed by atoms with Crippen LogP contribution in [0, 0.1) is 0 Å². The van der Waals surface area contributed by atoms with Gasteiger partial charge in [0.15, 0.2) is 0 Å². The minimum absolute atomic E-state index is 0.113. The van der Waals surface area contributed by atoms with Crippen molar-refractivity contribution in [1.82, 2.24) is 9.80 Å². The maximum absolute atomic E-state index is 11.1. The van der Waals surface area contributed by atoms with Crippen LogP contribution in [0.1, 0.15) is 23.1 Å². The first-order valence-electron chi connectivity index (χ1n) is 7.30. The van der Waals surface area contributed by atoms with Crippen LogP contribution in [0.25, 0.3) is 0 Å². The highest BCUT2D eigenvalue weighted by atomic mass is 32.1. The van der Waals surface area contributed by atoms with Gasteiger partial charge in [-0.25, -0.2) is 0 Å². The molecule has 1 aliphatic rings. The number of aryl methyl sites for hydroxylation is 1. The van der Waals surface area contributed by atoms with E-state index in [1.54, 1.807) is 0 Å². The van der Waals surface area contributed by atoms with E-state index in [2.05, 4.69) is 33.6 Å². The molecule has 1 aliphatic heterocycles. The first-order chi connectivity index (χ1) is 9.71. The normalized spacial score (nSPS) is 17.3. The van der Waals surface area contributed by atoms with Crippen LogP contribution in [-0.4, -0.2) is 55.6 Å². The van der Waals surface area contributed by atoms with Gasteiger partial charge in [0.25, 0.3) is 0 Å². The van der Waals surface area contributed by atoms with Crippen molar-refractivity contribution in [1.29, 1.82) is 0 Å². The quantitative estimate of drug-likeness (QED) is 0.752. The molecule has 1 saturated heterocycles. The fourth-order valence-electron chi connectivity index (χ4n) is 2.44. The van der Waals surface area contributed by atoms with Crippen molar-refractivity contribution in [2.45, 2.75) is 26.3 Å². The number of carbonyl (C=O) groups is 1. The summed E-state index contributed by atoms with van der Waals surface area (Å²) in [5.74, 6) is -0.113. The number of esters is 1. The lowest BCUT2D eigenvalue weighted by Gasteiger charge is -2.34. The number of ether oxygens (including phenoxy) is 1. The molecule has 0 aromatic carbocycles. The summed E-state index contributed by atoms with van der Waals surface area (Å²) in [5.41, 5.74) is 0. The maximum Gasteiger partial charge on any atom is 0.306 e. The van der Waals surface area contributed by atoms with Gasteiger partial charge in [0.2, 0.25) is 0 Å². The van der Waals surface area contributed by atoms with Crippen molar-refractivity contribution in [2.75, 3.05) is 39.8 Å². The molecular weight excluding hydrogens is 272 g/mol. The van der Waals surface area contributed by atoms with Crippen LogP contribution in [0.2, 0.25) is 0 Å². The number of methoxy groups -OCH3 is 1. The number of carbonyl (C=O) groups excluding carboxylic acids is 1. The van der Waals surface area contributed by atoms with Gasteiger partial charge < -0.3 is 9.64 Å². The van der Waals surface area contributed by atoms with Crippen molar-refractivity contribution in [3.63, 3.8) is 0 Å². The molecule has 0 radical (unpaired) electrons. The number of thiophene rings is 1. The molecule has 0 amide bonds. The molecule has 0 N–H and O–H groups in total. The van der Waals surface area contributed by atoms with Gasteiger partial charge >= 0.3 is 5.97 Å². The van der Waals surface area contributed by atoms with Gasteiger partial charge in [-0.1, -0.05) is 6.92 Å². The molecule has 1 aromatic rings. The molecule has 1 aromatic heterocycles. The molecule has 0 atom stereocenters. The molecule has 0 spiro atoms. The smallest absolute Gasteiger partial charge is 0.306 e. The second-order valence-corrected chi connectivity index (χ2v) is 6.42. The lowest BCUT2D eigenvalue weighted by atomic mass is 10.2. The summed E-state index contributed by atoms with van der Waals surface area (Å²) in [6.45, 7) is 8.35. The van der Waals surface area contributed by atoms with Crippen molar-refractivity contribution in [2.24, 2.45) is 0 Å². The third-order valence-corrected chi connectivity index (χ3v) is 4.98. The van der Waals surface area contributed by atoms with E-state index in [-0.39, 0.29) is 5.97 Å². The molecule has 20 heavy (non-hydrogen) atoms. The number of hydrogen-bond acceptors (Lipinski definition) is 5. The molecule has 2 heterocycles. The molecule has 0 unspecified atom stereocenters. The second kappa shape index (κ2) is 7.76. The fraction of sp³-hybridized carbons (Fsp3) is 0.667. The number of hydrogen-bond donors (Lipinski definition) is 0. The first kappa shape index (κ1) is 15.5. The highest BCUT2D eigenvalue weighted by Gasteiger charge is 2.18. The van der Waals surface area contributed by atoms with E-state index in [0.717, 1.165) is 45.7 Å². The molecule has 2 rings (SSSR count). The summed E-state index contributed by atoms with van der Waals surface area (Å²) in [6.07, 6.45) is 1.63. The Morgan fingerprint density at radius 2 is 1.85 bits per heavy atom. The van der Waals surface area contributed by atoms with E-state index in [0.29, 0.717) is 6.42 Å². The Bertz CT molecular complexity index is 425. The van der Waals surface area contributed by atoms with E-state index in [4.69, 9.17) is 0 Å². The van der Waals surface area contributed by atoms with E-state index in [1.165, 1.54) is 16.9 Å². The summed E-state index contributed by atoms with van der Waals surface area (Å²) < 4.78 is 4.68. The van der Waals surface area contributed by atoms with Gasteiger partial charge in [-0.2, -0.15) is 0 Å². The van der Waals surface area contributed by atoms with Gasteiger partial charge in [0, 0.05) is 49.0 Å². The van der Waals surface area contributed by atoms with Crippen molar-refractivity contribution >= 4 is 17.3 Å². The molecule has 112 valence electrons. The first-order valence-corrected chi connectivity index (χ1v) is 8.12. The Morgan fingerprint density at radius 3 is 2.45 bits per heavy atom. The van der Waals surface area contributed by atoms with Crippen molar-refractivity contribution < 1.29 is 9.53 Å². The molecule has 0 aliphatic carbocycles. The molecule has 0 saturated carbocycles. The zero-order chi connectivity index (χ0) is 14.4. The van der Waals surface area contributed by atoms with Crippen LogP contribution in [0.15, 0.2) is 12.1 Å². The second-order valence-electron chi connectivity index (χ2n) is 5.17. The summed E-state index contributed by atoms with van der Waals surface area (Å²) in [7, 11) is 1.45. The maximum atomic E-state index is 11.1. The monoisotopic (exact) mass is 296 g/mol. The minimum atomic E-state index is -0.113. The number of rotatable bonds is 6. The SMILES string of the molecule is CCc1ccc(CN2CCN(CCC(=O)OC)CC2)s1. The van der Waals surface area contributed by atoms with Crippen molar-refractivity contribution in [3.05, 3.63) is 21.9 Å². The predicted octanol–water partition coefficient (Wildman–Crippen LogP) is 1.99. The average Bonchev–Trinajstić information content (AvgIpc) is 2.94. The third-order valence-electron chi connectivity index (χ3n) is 3.77. The summed E-state index contributed by atoms with van der Waals surface area (Å²) in [4.78, 5) is 18.9. The zero-order valence-electron chi connectivity index (χ0n) is 12.4. The Hall–Kier alpha value is -0.910. The van der Waals surface area contributed by atoms with Gasteiger partial charge in [-0.3, -0.25) is 9.69 Å². The van der Waals surface area contributed by atoms with Gasteiger partial charge in [-0.15, -0.1) is 11.3 Å². The Kier molecular flexibility index (Phi) is 6.01. The van der Waals surface area contributed by atoms with Crippen LogP contribution < -0.4 is 0 Å². The summed E-state index contributed by atoms with van der Waals surface area (Å²) in [5, 5.41) is 0. The Morgan fingerprint density at radius 1 is 1.20 bits per heavy atom. The lowest BCUT2D eigenvalue weighted by Crippen LogP contribution is -2.46.